The van der Waals surface area contributed by atoms with E-state index in [9.17, 15) is 0 Å². The summed E-state index contributed by atoms with van der Waals surface area (Å²) in [5.41, 5.74) is 0.291. The molecule has 0 spiro atoms. The lowest BCUT2D eigenvalue weighted by Gasteiger charge is -2.34. The molecule has 2 aliphatic carbocycles. The smallest absolute Gasteiger partial charge is 0.0499 e. The molecule has 0 saturated heterocycles. The molecule has 0 heterocycles. The molecule has 0 aromatic heterocycles. The van der Waals surface area contributed by atoms with Crippen LogP contribution >= 0.6 is 0 Å². The topological polar surface area (TPSA) is 32.3 Å². The summed E-state index contributed by atoms with van der Waals surface area (Å²) in [5, 5.41) is 12.6. The molecule has 0 aliphatic heterocycles. The average molecular weight is 169 g/mol. The predicted octanol–water partition coefficient (Wildman–Crippen LogP) is 1.15. The third-order valence-electron chi connectivity index (χ3n) is 3.43. The molecular formula is C10H19NO. The van der Waals surface area contributed by atoms with Crippen LogP contribution < -0.4 is 5.32 Å². The van der Waals surface area contributed by atoms with Crippen molar-refractivity contribution in [3.8, 4) is 0 Å². The van der Waals surface area contributed by atoms with Crippen molar-refractivity contribution in [3.63, 3.8) is 0 Å². The maximum Gasteiger partial charge on any atom is 0.0499 e. The van der Waals surface area contributed by atoms with E-state index in [1.165, 1.54) is 25.7 Å². The molecule has 2 aliphatic rings. The van der Waals surface area contributed by atoms with E-state index in [0.717, 1.165) is 18.5 Å². The summed E-state index contributed by atoms with van der Waals surface area (Å²) in [6, 6.07) is 0.754. The second kappa shape index (κ2) is 3.00. The molecule has 0 amide bonds. The van der Waals surface area contributed by atoms with Gasteiger partial charge in [-0.2, -0.15) is 0 Å². The second-order valence-electron chi connectivity index (χ2n) is 4.81. The molecule has 2 rings (SSSR count). The Morgan fingerprint density at radius 1 is 1.42 bits per heavy atom. The first kappa shape index (κ1) is 8.52. The highest BCUT2D eigenvalue weighted by Crippen LogP contribution is 2.44. The van der Waals surface area contributed by atoms with Crippen LogP contribution in [0.2, 0.25) is 0 Å². The van der Waals surface area contributed by atoms with Gasteiger partial charge in [0.25, 0.3) is 0 Å². The van der Waals surface area contributed by atoms with Gasteiger partial charge in [-0.15, -0.1) is 0 Å². The molecule has 0 aromatic carbocycles. The van der Waals surface area contributed by atoms with Crippen molar-refractivity contribution in [3.05, 3.63) is 0 Å². The van der Waals surface area contributed by atoms with Crippen LogP contribution in [0, 0.1) is 11.3 Å². The van der Waals surface area contributed by atoms with Crippen molar-refractivity contribution >= 4 is 0 Å². The maximum absolute atomic E-state index is 9.07. The minimum absolute atomic E-state index is 0.291. The molecule has 2 nitrogen and oxygen atoms in total. The molecular weight excluding hydrogens is 150 g/mol. The van der Waals surface area contributed by atoms with Crippen LogP contribution in [0.4, 0.5) is 0 Å². The highest BCUT2D eigenvalue weighted by Gasteiger charge is 2.42. The zero-order valence-electron chi connectivity index (χ0n) is 7.84. The quantitative estimate of drug-likeness (QED) is 0.661. The fourth-order valence-corrected chi connectivity index (χ4v) is 2.00. The Hall–Kier alpha value is -0.0800. The van der Waals surface area contributed by atoms with Crippen molar-refractivity contribution in [2.75, 3.05) is 13.2 Å². The van der Waals surface area contributed by atoms with E-state index in [-0.39, 0.29) is 0 Å². The van der Waals surface area contributed by atoms with Gasteiger partial charge in [0.15, 0.2) is 0 Å². The summed E-state index contributed by atoms with van der Waals surface area (Å²) in [4.78, 5) is 0. The van der Waals surface area contributed by atoms with Crippen LogP contribution in [0.5, 0.6) is 0 Å². The van der Waals surface area contributed by atoms with Gasteiger partial charge in [-0.3, -0.25) is 0 Å². The summed E-state index contributed by atoms with van der Waals surface area (Å²) in [6.07, 6.45) is 5.11. The van der Waals surface area contributed by atoms with E-state index in [1.54, 1.807) is 0 Å². The summed E-state index contributed by atoms with van der Waals surface area (Å²) in [7, 11) is 0. The van der Waals surface area contributed by atoms with Crippen molar-refractivity contribution in [2.24, 2.45) is 11.3 Å². The first-order valence-electron chi connectivity index (χ1n) is 5.08. The summed E-state index contributed by atoms with van der Waals surface area (Å²) >= 11 is 0. The number of hydrogen-bond donors (Lipinski definition) is 2. The largest absolute Gasteiger partial charge is 0.396 e. The minimum Gasteiger partial charge on any atom is -0.396 e. The van der Waals surface area contributed by atoms with Gasteiger partial charge in [-0.05, 0) is 31.6 Å². The first-order chi connectivity index (χ1) is 5.74. The van der Waals surface area contributed by atoms with E-state index >= 15 is 0 Å². The van der Waals surface area contributed by atoms with Crippen LogP contribution in [-0.4, -0.2) is 24.3 Å². The van der Waals surface area contributed by atoms with Crippen LogP contribution in [0.15, 0.2) is 0 Å². The number of rotatable bonds is 4. The van der Waals surface area contributed by atoms with Crippen molar-refractivity contribution in [2.45, 2.75) is 38.6 Å². The van der Waals surface area contributed by atoms with E-state index in [1.807, 2.05) is 0 Å². The number of aliphatic hydroxyl groups excluding tert-OH is 1. The lowest BCUT2D eigenvalue weighted by molar-refractivity contribution is 0.180. The molecule has 2 fully saturated rings. The monoisotopic (exact) mass is 169 g/mol. The Morgan fingerprint density at radius 3 is 2.50 bits per heavy atom. The van der Waals surface area contributed by atoms with E-state index in [0.29, 0.717) is 12.0 Å². The molecule has 0 unspecified atom stereocenters. The van der Waals surface area contributed by atoms with Gasteiger partial charge < -0.3 is 10.4 Å². The Bertz CT molecular complexity index is 159. The van der Waals surface area contributed by atoms with Crippen LogP contribution in [0.3, 0.4) is 0 Å². The molecule has 12 heavy (non-hydrogen) atoms. The van der Waals surface area contributed by atoms with Crippen LogP contribution in [0.25, 0.3) is 0 Å². The van der Waals surface area contributed by atoms with Gasteiger partial charge in [-0.25, -0.2) is 0 Å². The number of hydrogen-bond acceptors (Lipinski definition) is 2. The Morgan fingerprint density at radius 2 is 2.08 bits per heavy atom. The van der Waals surface area contributed by atoms with Gasteiger partial charge in [0.05, 0.1) is 0 Å². The van der Waals surface area contributed by atoms with E-state index < -0.39 is 0 Å². The summed E-state index contributed by atoms with van der Waals surface area (Å²) in [6.45, 7) is 3.72. The van der Waals surface area contributed by atoms with Gasteiger partial charge >= 0.3 is 0 Å². The maximum atomic E-state index is 9.07. The molecule has 2 N–H and O–H groups in total. The van der Waals surface area contributed by atoms with Gasteiger partial charge in [0, 0.05) is 24.6 Å². The van der Waals surface area contributed by atoms with E-state index in [2.05, 4.69) is 12.2 Å². The van der Waals surface area contributed by atoms with Gasteiger partial charge in [-0.1, -0.05) is 6.92 Å². The molecule has 0 atom stereocenters. The lowest BCUT2D eigenvalue weighted by atomic mass is 9.81. The molecule has 0 bridgehead atoms. The normalized spacial score (nSPS) is 37.5. The summed E-state index contributed by atoms with van der Waals surface area (Å²) < 4.78 is 0. The van der Waals surface area contributed by atoms with Crippen LogP contribution in [0.1, 0.15) is 32.6 Å². The Kier molecular flexibility index (Phi) is 2.13. The molecule has 2 saturated carbocycles. The lowest BCUT2D eigenvalue weighted by Crippen LogP contribution is -2.43. The third kappa shape index (κ3) is 1.64. The highest BCUT2D eigenvalue weighted by atomic mass is 16.3. The third-order valence-corrected chi connectivity index (χ3v) is 3.43. The Labute approximate surface area is 74.4 Å². The summed E-state index contributed by atoms with van der Waals surface area (Å²) in [5.74, 6) is 0.923. The standard InChI is InChI=1S/C10H19NO/c1-8-4-9(5-8)11-6-10(7-12)2-3-10/h8-9,11-12H,2-7H2,1H3. The van der Waals surface area contributed by atoms with Crippen molar-refractivity contribution in [1.82, 2.24) is 5.32 Å². The second-order valence-corrected chi connectivity index (χ2v) is 4.81. The molecule has 2 heteroatoms. The molecule has 0 radical (unpaired) electrons. The predicted molar refractivity (Wildman–Crippen MR) is 48.9 cm³/mol. The first-order valence-corrected chi connectivity index (χ1v) is 5.08. The van der Waals surface area contributed by atoms with Crippen LogP contribution in [-0.2, 0) is 0 Å². The Balaban J connectivity index is 1.63. The average Bonchev–Trinajstić information content (AvgIpc) is 2.77. The van der Waals surface area contributed by atoms with Crippen molar-refractivity contribution < 1.29 is 5.11 Å². The zero-order chi connectivity index (χ0) is 8.60. The number of nitrogens with one attached hydrogen (secondary N) is 1. The highest BCUT2D eigenvalue weighted by molar-refractivity contribution is 4.96. The van der Waals surface area contributed by atoms with Gasteiger partial charge in [0.2, 0.25) is 0 Å². The fourth-order valence-electron chi connectivity index (χ4n) is 2.00. The van der Waals surface area contributed by atoms with Gasteiger partial charge in [0.1, 0.15) is 0 Å². The number of aliphatic hydroxyl groups is 1. The van der Waals surface area contributed by atoms with E-state index in [4.69, 9.17) is 5.11 Å². The SMILES string of the molecule is CC1CC(NCC2(CO)CC2)C1. The molecule has 0 aromatic rings. The molecule has 70 valence electrons. The van der Waals surface area contributed by atoms with Crippen molar-refractivity contribution in [1.29, 1.82) is 0 Å². The minimum atomic E-state index is 0.291. The fraction of sp³-hybridized carbons (Fsp3) is 1.00. The zero-order valence-corrected chi connectivity index (χ0v) is 7.84.